The molecule has 0 radical (unpaired) electrons. The van der Waals surface area contributed by atoms with Crippen molar-refractivity contribution in [2.75, 3.05) is 45.2 Å². The molecule has 0 bridgehead atoms. The smallest absolute Gasteiger partial charge is 0.271 e. The Bertz CT molecular complexity index is 1470. The van der Waals surface area contributed by atoms with Crippen LogP contribution in [-0.4, -0.2) is 89.0 Å². The van der Waals surface area contributed by atoms with Gasteiger partial charge in [0.05, 0.1) is 36.4 Å². The van der Waals surface area contributed by atoms with Gasteiger partial charge in [-0.15, -0.1) is 0 Å². The summed E-state index contributed by atoms with van der Waals surface area (Å²) in [6, 6.07) is 6.70. The fourth-order valence-electron chi connectivity index (χ4n) is 4.34. The molecule has 4 heterocycles. The molecule has 1 fully saturated rings. The lowest BCUT2D eigenvalue weighted by Gasteiger charge is -2.31. The van der Waals surface area contributed by atoms with Crippen LogP contribution in [-0.2, 0) is 23.0 Å². The zero-order valence-corrected chi connectivity index (χ0v) is 23.6. The highest BCUT2D eigenvalue weighted by Crippen LogP contribution is 2.27. The van der Waals surface area contributed by atoms with Crippen molar-refractivity contribution >= 4 is 27.5 Å². The van der Waals surface area contributed by atoms with Gasteiger partial charge in [-0.1, -0.05) is 19.9 Å². The van der Waals surface area contributed by atoms with E-state index < -0.39 is 21.8 Å². The number of likely N-dealkylation sites (N-methyl/N-ethyl adjacent to an activating group) is 1. The molecule has 0 aromatic carbocycles. The Hall–Kier alpha value is -3.88. The van der Waals surface area contributed by atoms with Crippen LogP contribution in [0.25, 0.3) is 0 Å². The molecular weight excluding hydrogens is 536 g/mol. The number of nitrogens with one attached hydrogen (secondary N) is 1. The first kappa shape index (κ1) is 29.1. The minimum absolute atomic E-state index is 0.0174. The topological polar surface area (TPSA) is 166 Å². The lowest BCUT2D eigenvalue weighted by Crippen LogP contribution is -2.47. The number of carbonyl (C=O) groups is 2. The Labute approximate surface area is 233 Å². The summed E-state index contributed by atoms with van der Waals surface area (Å²) in [6.45, 7) is 6.11. The monoisotopic (exact) mass is 570 g/mol. The third kappa shape index (κ3) is 6.29. The molecule has 0 saturated carbocycles. The van der Waals surface area contributed by atoms with Gasteiger partial charge in [0, 0.05) is 32.4 Å². The molecule has 1 aliphatic heterocycles. The summed E-state index contributed by atoms with van der Waals surface area (Å²) < 4.78 is 35.4. The first-order chi connectivity index (χ1) is 19.1. The van der Waals surface area contributed by atoms with Gasteiger partial charge in [-0.25, -0.2) is 13.4 Å². The predicted octanol–water partition coefficient (Wildman–Crippen LogP) is 1.36. The van der Waals surface area contributed by atoms with E-state index >= 15 is 0 Å². The van der Waals surface area contributed by atoms with Gasteiger partial charge in [-0.05, 0) is 38.1 Å². The Morgan fingerprint density at radius 2 is 1.88 bits per heavy atom. The summed E-state index contributed by atoms with van der Waals surface area (Å²) in [6.07, 6.45) is 3.91. The molecule has 214 valence electrons. The number of hydrogen-bond donors (Lipinski definition) is 2. The van der Waals surface area contributed by atoms with Crippen molar-refractivity contribution in [3.63, 3.8) is 0 Å². The molecule has 40 heavy (non-hydrogen) atoms. The maximum atomic E-state index is 13.7. The van der Waals surface area contributed by atoms with E-state index in [-0.39, 0.29) is 40.9 Å². The predicted molar refractivity (Wildman–Crippen MR) is 148 cm³/mol. The number of ether oxygens (including phenoxy) is 1. The van der Waals surface area contributed by atoms with Crippen molar-refractivity contribution in [1.29, 1.82) is 0 Å². The van der Waals surface area contributed by atoms with E-state index in [1.54, 1.807) is 16.9 Å². The molecule has 0 unspecified atom stereocenters. The first-order valence-electron chi connectivity index (χ1n) is 13.1. The second kappa shape index (κ2) is 12.5. The van der Waals surface area contributed by atoms with E-state index in [1.807, 2.05) is 37.9 Å². The molecule has 3 aromatic heterocycles. The van der Waals surface area contributed by atoms with Crippen molar-refractivity contribution in [2.24, 2.45) is 5.73 Å². The number of nitrogens with two attached hydrogens (primary N) is 1. The number of aromatic nitrogens is 4. The number of hydrogen-bond acceptors (Lipinski definition) is 9. The van der Waals surface area contributed by atoms with E-state index in [9.17, 15) is 18.0 Å². The summed E-state index contributed by atoms with van der Waals surface area (Å²) in [4.78, 5) is 36.4. The van der Waals surface area contributed by atoms with Crippen LogP contribution in [0, 0.1) is 0 Å². The Morgan fingerprint density at radius 3 is 2.50 bits per heavy atom. The normalized spacial score (nSPS) is 14.7. The van der Waals surface area contributed by atoms with E-state index in [0.29, 0.717) is 50.4 Å². The highest BCUT2D eigenvalue weighted by Gasteiger charge is 2.30. The van der Waals surface area contributed by atoms with Gasteiger partial charge in [-0.3, -0.25) is 19.3 Å². The second-order valence-corrected chi connectivity index (χ2v) is 11.3. The van der Waals surface area contributed by atoms with Crippen LogP contribution in [0.1, 0.15) is 52.5 Å². The number of rotatable bonds is 11. The van der Waals surface area contributed by atoms with Gasteiger partial charge in [0.25, 0.3) is 11.8 Å². The lowest BCUT2D eigenvalue weighted by atomic mass is 10.2. The van der Waals surface area contributed by atoms with Gasteiger partial charge in [0.1, 0.15) is 10.5 Å². The quantitative estimate of drug-likeness (QED) is 0.346. The number of carbonyl (C=O) groups excluding carboxylic acids is 2. The summed E-state index contributed by atoms with van der Waals surface area (Å²) in [5.74, 6) is -1.54. The first-order valence-corrected chi connectivity index (χ1v) is 14.5. The Kier molecular flexibility index (Phi) is 9.12. The molecule has 3 aromatic rings. The van der Waals surface area contributed by atoms with Crippen LogP contribution in [0.3, 0.4) is 0 Å². The number of anilines is 1. The minimum Gasteiger partial charge on any atom is -0.477 e. The van der Waals surface area contributed by atoms with Gasteiger partial charge >= 0.3 is 0 Å². The molecule has 14 heteroatoms. The molecule has 0 spiro atoms. The SMILES string of the molecule is CCCOc1ncc(S(=O)(=O)N2CCN(C)CC2)cc1C(=O)Nc1c(C(N)=O)nn(Cc2ccccn2)c1CC. The third-order valence-electron chi connectivity index (χ3n) is 6.52. The molecule has 1 saturated heterocycles. The van der Waals surface area contributed by atoms with E-state index in [2.05, 4.69) is 20.4 Å². The maximum Gasteiger partial charge on any atom is 0.271 e. The molecule has 4 rings (SSSR count). The maximum absolute atomic E-state index is 13.7. The number of nitrogens with zero attached hydrogens (tertiary/aromatic N) is 6. The Balaban J connectivity index is 1.71. The van der Waals surface area contributed by atoms with Crippen LogP contribution in [0.15, 0.2) is 41.6 Å². The molecule has 3 N–H and O–H groups in total. The van der Waals surface area contributed by atoms with Crippen LogP contribution in [0.2, 0.25) is 0 Å². The molecule has 1 aliphatic rings. The van der Waals surface area contributed by atoms with Crippen LogP contribution in [0.5, 0.6) is 5.88 Å². The fourth-order valence-corrected chi connectivity index (χ4v) is 5.74. The highest BCUT2D eigenvalue weighted by atomic mass is 32.2. The summed E-state index contributed by atoms with van der Waals surface area (Å²) in [5, 5.41) is 7.09. The number of piperazine rings is 1. The van der Waals surface area contributed by atoms with Crippen molar-refractivity contribution in [1.82, 2.24) is 29.0 Å². The van der Waals surface area contributed by atoms with Crippen LogP contribution < -0.4 is 15.8 Å². The van der Waals surface area contributed by atoms with Crippen molar-refractivity contribution in [2.45, 2.75) is 38.1 Å². The van der Waals surface area contributed by atoms with Crippen molar-refractivity contribution < 1.29 is 22.7 Å². The fraction of sp³-hybridized carbons (Fsp3) is 0.423. The summed E-state index contributed by atoms with van der Waals surface area (Å²) in [7, 11) is -1.98. The highest BCUT2D eigenvalue weighted by molar-refractivity contribution is 7.89. The van der Waals surface area contributed by atoms with Gasteiger partial charge in [-0.2, -0.15) is 9.40 Å². The number of primary amides is 1. The van der Waals surface area contributed by atoms with Crippen molar-refractivity contribution in [3.8, 4) is 5.88 Å². The summed E-state index contributed by atoms with van der Waals surface area (Å²) in [5.41, 5.74) is 6.82. The molecular formula is C26H34N8O5S. The van der Waals surface area contributed by atoms with E-state index in [4.69, 9.17) is 10.5 Å². The summed E-state index contributed by atoms with van der Waals surface area (Å²) >= 11 is 0. The standard InChI is InChI=1S/C26H34N8O5S/c1-4-14-39-26-20(15-19(16-29-26)40(37,38)33-12-10-32(3)11-13-33)25(36)30-22-21(5-2)34(31-23(22)24(27)35)17-18-8-6-7-9-28-18/h6-9,15-16H,4-5,10-14,17H2,1-3H3,(H2,27,35)(H,30,36). The molecule has 0 atom stereocenters. The van der Waals surface area contributed by atoms with Gasteiger partial charge < -0.3 is 20.7 Å². The van der Waals surface area contributed by atoms with Crippen LogP contribution in [0.4, 0.5) is 5.69 Å². The lowest BCUT2D eigenvalue weighted by molar-refractivity contribution is 0.0995. The minimum atomic E-state index is -3.91. The zero-order chi connectivity index (χ0) is 28.9. The van der Waals surface area contributed by atoms with Gasteiger partial charge in [0.2, 0.25) is 15.9 Å². The average Bonchev–Trinajstić information content (AvgIpc) is 3.29. The number of sulfonamides is 1. The zero-order valence-electron chi connectivity index (χ0n) is 22.8. The van der Waals surface area contributed by atoms with E-state index in [1.165, 1.54) is 16.6 Å². The third-order valence-corrected chi connectivity index (χ3v) is 8.38. The number of pyridine rings is 2. The average molecular weight is 571 g/mol. The van der Waals surface area contributed by atoms with Crippen molar-refractivity contribution in [3.05, 3.63) is 59.3 Å². The molecule has 13 nitrogen and oxygen atoms in total. The Morgan fingerprint density at radius 1 is 1.12 bits per heavy atom. The van der Waals surface area contributed by atoms with Crippen LogP contribution >= 0.6 is 0 Å². The largest absolute Gasteiger partial charge is 0.477 e. The van der Waals surface area contributed by atoms with E-state index in [0.717, 1.165) is 0 Å². The number of amides is 2. The van der Waals surface area contributed by atoms with Gasteiger partial charge in [0.15, 0.2) is 5.69 Å². The molecule has 0 aliphatic carbocycles. The molecule has 2 amide bonds. The second-order valence-electron chi connectivity index (χ2n) is 9.40.